The van der Waals surface area contributed by atoms with Crippen molar-refractivity contribution < 1.29 is 9.52 Å². The maximum absolute atomic E-state index is 13.1. The topological polar surface area (TPSA) is 50.5 Å². The van der Waals surface area contributed by atoms with Gasteiger partial charge in [-0.05, 0) is 67.8 Å². The highest BCUT2D eigenvalue weighted by Crippen LogP contribution is 2.32. The standard InChI is InChI=1S/C24H29ClN3O2/c1-16-6-7-19(11-22(16)25)5-4-9-26-12-20-14-27(15-21(20)13-26)24(29)23-17(2)8-10-28(30)18(23)3/h5-8,10-11,20-21H,4,9,12-15H2,1-3H3. The second-order valence-corrected chi connectivity index (χ2v) is 9.18. The fourth-order valence-electron chi connectivity index (χ4n) is 4.84. The number of halogens is 1. The van der Waals surface area contributed by atoms with Crippen LogP contribution < -0.4 is 4.73 Å². The Morgan fingerprint density at radius 3 is 2.50 bits per heavy atom. The van der Waals surface area contributed by atoms with Crippen molar-refractivity contribution in [3.05, 3.63) is 75.1 Å². The van der Waals surface area contributed by atoms with Crippen LogP contribution in [0.2, 0.25) is 5.02 Å². The average Bonchev–Trinajstić information content (AvgIpc) is 3.26. The van der Waals surface area contributed by atoms with Gasteiger partial charge in [0, 0.05) is 44.2 Å². The van der Waals surface area contributed by atoms with Gasteiger partial charge in [0.1, 0.15) is 5.56 Å². The van der Waals surface area contributed by atoms with Crippen molar-refractivity contribution >= 4 is 17.5 Å². The van der Waals surface area contributed by atoms with Crippen LogP contribution in [0.3, 0.4) is 0 Å². The van der Waals surface area contributed by atoms with E-state index in [2.05, 4.69) is 23.5 Å². The number of nitrogens with zero attached hydrogens (tertiary/aromatic N) is 3. The predicted octanol–water partition coefficient (Wildman–Crippen LogP) is 3.55. The molecule has 0 N–H and O–H groups in total. The lowest BCUT2D eigenvalue weighted by molar-refractivity contribution is -0.612. The first-order chi connectivity index (χ1) is 14.3. The van der Waals surface area contributed by atoms with Crippen molar-refractivity contribution in [3.8, 4) is 0 Å². The average molecular weight is 427 g/mol. The molecule has 2 fully saturated rings. The Kier molecular flexibility index (Phi) is 6.03. The number of likely N-dealkylation sites (tertiary alicyclic amines) is 2. The van der Waals surface area contributed by atoms with Gasteiger partial charge < -0.3 is 15.0 Å². The van der Waals surface area contributed by atoms with E-state index >= 15 is 0 Å². The van der Waals surface area contributed by atoms with Crippen LogP contribution in [0.4, 0.5) is 0 Å². The van der Waals surface area contributed by atoms with Crippen LogP contribution in [0.15, 0.2) is 30.5 Å². The molecule has 0 saturated carbocycles. The number of rotatable bonds is 5. The third-order valence-corrected chi connectivity index (χ3v) is 7.04. The molecule has 2 atom stereocenters. The first-order valence-electron chi connectivity index (χ1n) is 10.6. The lowest BCUT2D eigenvalue weighted by Crippen LogP contribution is -2.38. The summed E-state index contributed by atoms with van der Waals surface area (Å²) in [6, 6.07) is 7.93. The summed E-state index contributed by atoms with van der Waals surface area (Å²) in [6.07, 6.45) is 4.71. The second kappa shape index (κ2) is 8.56. The highest BCUT2D eigenvalue weighted by atomic mass is 35.5. The summed E-state index contributed by atoms with van der Waals surface area (Å²) in [4.78, 5) is 17.5. The van der Waals surface area contributed by atoms with Gasteiger partial charge >= 0.3 is 0 Å². The lowest BCUT2D eigenvalue weighted by atomic mass is 10.0. The quantitative estimate of drug-likeness (QED) is 0.542. The van der Waals surface area contributed by atoms with Gasteiger partial charge in [-0.1, -0.05) is 23.7 Å². The number of pyridine rings is 1. The van der Waals surface area contributed by atoms with E-state index in [0.29, 0.717) is 23.1 Å². The van der Waals surface area contributed by atoms with Crippen LogP contribution in [-0.4, -0.2) is 48.4 Å². The summed E-state index contributed by atoms with van der Waals surface area (Å²) in [5.41, 5.74) is 4.20. The zero-order valence-electron chi connectivity index (χ0n) is 17.9. The molecule has 6 heteroatoms. The van der Waals surface area contributed by atoms with Crippen molar-refractivity contribution in [3.63, 3.8) is 0 Å². The zero-order valence-corrected chi connectivity index (χ0v) is 18.7. The fraction of sp³-hybridized carbons (Fsp3) is 0.458. The summed E-state index contributed by atoms with van der Waals surface area (Å²) >= 11 is 6.21. The Morgan fingerprint density at radius 2 is 1.83 bits per heavy atom. The summed E-state index contributed by atoms with van der Waals surface area (Å²) in [6.45, 7) is 10.3. The van der Waals surface area contributed by atoms with Crippen LogP contribution in [0.1, 0.15) is 39.2 Å². The smallest absolute Gasteiger partial charge is 0.260 e. The third kappa shape index (κ3) is 4.19. The Hall–Kier alpha value is -2.11. The molecule has 5 nitrogen and oxygen atoms in total. The maximum Gasteiger partial charge on any atom is 0.260 e. The predicted molar refractivity (Wildman–Crippen MR) is 118 cm³/mol. The molecule has 2 aromatic rings. The Balaban J connectivity index is 1.29. The molecule has 2 aliphatic rings. The molecule has 3 heterocycles. The molecule has 1 aromatic carbocycles. The normalized spacial score (nSPS) is 21.3. The van der Waals surface area contributed by atoms with E-state index in [4.69, 9.17) is 11.6 Å². The van der Waals surface area contributed by atoms with Crippen molar-refractivity contribution in [2.75, 3.05) is 32.7 Å². The highest BCUT2D eigenvalue weighted by Gasteiger charge is 2.42. The van der Waals surface area contributed by atoms with Gasteiger partial charge in [0.25, 0.3) is 5.91 Å². The summed E-state index contributed by atoms with van der Waals surface area (Å²) < 4.78 is 0.788. The zero-order chi connectivity index (χ0) is 21.4. The highest BCUT2D eigenvalue weighted by molar-refractivity contribution is 6.31. The number of carbonyl (C=O) groups excluding carboxylic acids is 1. The van der Waals surface area contributed by atoms with Crippen LogP contribution >= 0.6 is 11.6 Å². The van der Waals surface area contributed by atoms with Gasteiger partial charge in [0.2, 0.25) is 5.69 Å². The number of hydrogen-bond donors (Lipinski definition) is 0. The third-order valence-electron chi connectivity index (χ3n) is 6.63. The molecule has 0 aliphatic carbocycles. The minimum Gasteiger partial charge on any atom is -0.618 e. The molecule has 0 spiro atoms. The Morgan fingerprint density at radius 1 is 1.13 bits per heavy atom. The molecule has 2 aliphatic heterocycles. The number of aromatic nitrogens is 1. The Bertz CT molecular complexity index is 948. The molecule has 30 heavy (non-hydrogen) atoms. The second-order valence-electron chi connectivity index (χ2n) is 8.78. The molecule has 0 bridgehead atoms. The summed E-state index contributed by atoms with van der Waals surface area (Å²) in [5, 5.41) is 12.7. The first kappa shape index (κ1) is 21.1. The molecule has 1 aromatic heterocycles. The molecule has 2 unspecified atom stereocenters. The van der Waals surface area contributed by atoms with Gasteiger partial charge in [-0.15, -0.1) is 0 Å². The maximum atomic E-state index is 13.1. The van der Waals surface area contributed by atoms with E-state index in [-0.39, 0.29) is 5.91 Å². The van der Waals surface area contributed by atoms with Crippen molar-refractivity contribution in [2.24, 2.45) is 11.8 Å². The van der Waals surface area contributed by atoms with Crippen LogP contribution in [0.5, 0.6) is 0 Å². The number of aryl methyl sites for hydroxylation is 2. The summed E-state index contributed by atoms with van der Waals surface area (Å²) in [7, 11) is 0. The SMILES string of the molecule is Cc1ccc([CH]CCN2CC3CN(C(=O)c4c(C)cc[n+]([O-])c4C)CC3C2)cc1Cl. The molecular weight excluding hydrogens is 398 g/mol. The number of carbonyl (C=O) groups is 1. The minimum absolute atomic E-state index is 0.000679. The van der Waals surface area contributed by atoms with Crippen LogP contribution in [0, 0.1) is 44.2 Å². The van der Waals surface area contributed by atoms with Gasteiger partial charge in [-0.25, -0.2) is 0 Å². The van der Waals surface area contributed by atoms with Gasteiger partial charge in [-0.3, -0.25) is 4.79 Å². The van der Waals surface area contributed by atoms with E-state index in [9.17, 15) is 10.0 Å². The number of fused-ring (bicyclic) bond motifs is 1. The molecule has 1 amide bonds. The van der Waals surface area contributed by atoms with Crippen molar-refractivity contribution in [2.45, 2.75) is 27.2 Å². The van der Waals surface area contributed by atoms with Gasteiger partial charge in [0.15, 0.2) is 6.20 Å². The van der Waals surface area contributed by atoms with Crippen molar-refractivity contribution in [1.82, 2.24) is 9.80 Å². The number of amides is 1. The van der Waals surface area contributed by atoms with E-state index < -0.39 is 0 Å². The monoisotopic (exact) mass is 426 g/mol. The first-order valence-corrected chi connectivity index (χ1v) is 11.0. The molecule has 159 valence electrons. The van der Waals surface area contributed by atoms with Gasteiger partial charge in [-0.2, -0.15) is 4.73 Å². The van der Waals surface area contributed by atoms with Gasteiger partial charge in [0.05, 0.1) is 0 Å². The fourth-order valence-corrected chi connectivity index (χ4v) is 5.03. The number of hydrogen-bond acceptors (Lipinski definition) is 3. The van der Waals surface area contributed by atoms with Crippen molar-refractivity contribution in [1.29, 1.82) is 0 Å². The number of benzene rings is 1. The van der Waals surface area contributed by atoms with Crippen LogP contribution in [-0.2, 0) is 0 Å². The lowest BCUT2D eigenvalue weighted by Gasteiger charge is -2.22. The summed E-state index contributed by atoms with van der Waals surface area (Å²) in [5.74, 6) is 1.04. The van der Waals surface area contributed by atoms with E-state index in [1.165, 1.54) is 11.8 Å². The Labute approximate surface area is 183 Å². The molecular formula is C24H29ClN3O2. The molecule has 1 radical (unpaired) electrons. The van der Waals surface area contributed by atoms with E-state index in [1.807, 2.05) is 24.8 Å². The van der Waals surface area contributed by atoms with E-state index in [1.54, 1.807) is 13.0 Å². The van der Waals surface area contributed by atoms with E-state index in [0.717, 1.165) is 60.0 Å². The molecule has 4 rings (SSSR count). The minimum atomic E-state index is 0.000679. The largest absolute Gasteiger partial charge is 0.618 e. The van der Waals surface area contributed by atoms with Crippen LogP contribution in [0.25, 0.3) is 0 Å². The molecule has 2 saturated heterocycles.